The summed E-state index contributed by atoms with van der Waals surface area (Å²) >= 11 is 1.79. The topological polar surface area (TPSA) is 48.5 Å². The van der Waals surface area contributed by atoms with Crippen molar-refractivity contribution in [2.24, 2.45) is 0 Å². The Kier molecular flexibility index (Phi) is 7.03. The third-order valence-electron chi connectivity index (χ3n) is 11.2. The van der Waals surface area contributed by atoms with Gasteiger partial charge in [0.25, 0.3) is 0 Å². The third kappa shape index (κ3) is 4.91. The molecule has 0 aliphatic rings. The highest BCUT2D eigenvalue weighted by atomic mass is 32.1. The number of benzene rings is 8. The predicted octanol–water partition coefficient (Wildman–Crippen LogP) is 13.4. The largest absolute Gasteiger partial charge is 0.309 e. The Bertz CT molecular complexity index is 3510. The van der Waals surface area contributed by atoms with Gasteiger partial charge in [-0.3, -0.25) is 4.57 Å². The van der Waals surface area contributed by atoms with Gasteiger partial charge >= 0.3 is 0 Å². The summed E-state index contributed by atoms with van der Waals surface area (Å²) in [5.41, 5.74) is 9.75. The molecule has 0 bridgehead atoms. The van der Waals surface area contributed by atoms with Crippen LogP contribution in [0.25, 0.3) is 109 Å². The smallest absolute Gasteiger partial charge is 0.238 e. The zero-order chi connectivity index (χ0) is 37.5. The van der Waals surface area contributed by atoms with Gasteiger partial charge in [0, 0.05) is 58.5 Å². The number of aromatic nitrogens is 5. The van der Waals surface area contributed by atoms with Crippen molar-refractivity contribution < 1.29 is 0 Å². The van der Waals surface area contributed by atoms with E-state index in [-0.39, 0.29) is 0 Å². The predicted molar refractivity (Wildman–Crippen MR) is 238 cm³/mol. The summed E-state index contributed by atoms with van der Waals surface area (Å²) in [7, 11) is 0. The van der Waals surface area contributed by atoms with Crippen LogP contribution in [0.1, 0.15) is 0 Å². The van der Waals surface area contributed by atoms with E-state index in [0.717, 1.165) is 54.4 Å². The molecule has 0 fully saturated rings. The SMILES string of the molecule is c1ccc(-c2ccc(-c3nc(-c4cccc5c4sc4ccccc45)nc(-n4c5ccccc5c5c4ccc4c6ccccc6n(-c6ccccc6)c45)n3)cc2)cc1. The molecule has 12 aromatic rings. The van der Waals surface area contributed by atoms with Crippen LogP contribution in [0.2, 0.25) is 0 Å². The lowest BCUT2D eigenvalue weighted by atomic mass is 10.0. The van der Waals surface area contributed by atoms with Crippen LogP contribution in [0.4, 0.5) is 0 Å². The van der Waals surface area contributed by atoms with Crippen molar-refractivity contribution in [3.63, 3.8) is 0 Å². The van der Waals surface area contributed by atoms with Gasteiger partial charge in [-0.15, -0.1) is 11.3 Å². The second-order valence-corrected chi connectivity index (χ2v) is 15.5. The van der Waals surface area contributed by atoms with Gasteiger partial charge < -0.3 is 4.57 Å². The van der Waals surface area contributed by atoms with Gasteiger partial charge in [-0.25, -0.2) is 4.98 Å². The first-order chi connectivity index (χ1) is 28.3. The van der Waals surface area contributed by atoms with E-state index in [0.29, 0.717) is 17.6 Å². The minimum absolute atomic E-state index is 0.577. The van der Waals surface area contributed by atoms with Gasteiger partial charge in [-0.1, -0.05) is 146 Å². The number of thiophene rings is 1. The standard InChI is InChI=1S/C51H31N5S/c1-3-14-32(15-4-1)33-26-28-34(29-27-33)49-52-50(41-22-13-21-39-37-19-9-12-25-45(37)57-48(39)41)54-51(53-49)56-43-24-11-8-20-40(43)46-44(56)31-30-38-36-18-7-10-23-42(36)55(47(38)46)35-16-5-2-6-17-35/h1-31H. The van der Waals surface area contributed by atoms with Crippen LogP contribution >= 0.6 is 11.3 Å². The molecule has 0 spiro atoms. The molecule has 6 heteroatoms. The minimum Gasteiger partial charge on any atom is -0.309 e. The van der Waals surface area contributed by atoms with E-state index in [4.69, 9.17) is 15.0 Å². The lowest BCUT2D eigenvalue weighted by molar-refractivity contribution is 0.954. The maximum Gasteiger partial charge on any atom is 0.238 e. The summed E-state index contributed by atoms with van der Waals surface area (Å²) in [6.45, 7) is 0. The number of rotatable bonds is 5. The highest BCUT2D eigenvalue weighted by Crippen LogP contribution is 2.43. The number of hydrogen-bond acceptors (Lipinski definition) is 4. The first-order valence-electron chi connectivity index (χ1n) is 19.1. The molecule has 0 amide bonds. The van der Waals surface area contributed by atoms with E-state index in [2.05, 4.69) is 191 Å². The summed E-state index contributed by atoms with van der Waals surface area (Å²) in [6.07, 6.45) is 0. The van der Waals surface area contributed by atoms with Crippen molar-refractivity contribution in [1.82, 2.24) is 24.1 Å². The molecule has 4 aromatic heterocycles. The molecule has 0 aliphatic heterocycles. The van der Waals surface area contributed by atoms with Gasteiger partial charge in [0.15, 0.2) is 11.6 Å². The highest BCUT2D eigenvalue weighted by molar-refractivity contribution is 7.26. The minimum atomic E-state index is 0.577. The average molecular weight is 746 g/mol. The summed E-state index contributed by atoms with van der Waals surface area (Å²) in [6, 6.07) is 66.6. The third-order valence-corrected chi connectivity index (χ3v) is 12.4. The monoisotopic (exact) mass is 745 g/mol. The molecular formula is C51H31N5S. The van der Waals surface area contributed by atoms with Gasteiger partial charge in [0.1, 0.15) is 0 Å². The van der Waals surface area contributed by atoms with Crippen LogP contribution in [-0.4, -0.2) is 24.1 Å². The first-order valence-corrected chi connectivity index (χ1v) is 19.9. The van der Waals surface area contributed by atoms with E-state index >= 15 is 0 Å². The van der Waals surface area contributed by atoms with Crippen LogP contribution in [0.5, 0.6) is 0 Å². The van der Waals surface area contributed by atoms with E-state index < -0.39 is 0 Å². The van der Waals surface area contributed by atoms with Crippen LogP contribution in [0, 0.1) is 0 Å². The molecule has 57 heavy (non-hydrogen) atoms. The molecule has 4 heterocycles. The fourth-order valence-electron chi connectivity index (χ4n) is 8.65. The van der Waals surface area contributed by atoms with E-state index in [1.807, 2.05) is 6.07 Å². The normalized spacial score (nSPS) is 11.9. The second kappa shape index (κ2) is 12.6. The fraction of sp³-hybridized carbons (Fsp3) is 0. The van der Waals surface area contributed by atoms with Crippen molar-refractivity contribution in [2.75, 3.05) is 0 Å². The Morgan fingerprint density at radius 1 is 0.368 bits per heavy atom. The van der Waals surface area contributed by atoms with Crippen LogP contribution in [-0.2, 0) is 0 Å². The number of nitrogens with zero attached hydrogens (tertiary/aromatic N) is 5. The van der Waals surface area contributed by atoms with Crippen molar-refractivity contribution in [2.45, 2.75) is 0 Å². The molecule has 266 valence electrons. The Balaban J connectivity index is 1.16. The second-order valence-electron chi connectivity index (χ2n) is 14.4. The Morgan fingerprint density at radius 2 is 0.982 bits per heavy atom. The molecule has 0 saturated carbocycles. The summed E-state index contributed by atoms with van der Waals surface area (Å²) in [5.74, 6) is 1.84. The molecule has 8 aromatic carbocycles. The van der Waals surface area contributed by atoms with Crippen LogP contribution < -0.4 is 0 Å². The number of para-hydroxylation sites is 3. The number of fused-ring (bicyclic) bond motifs is 10. The Hall–Kier alpha value is -7.41. The molecule has 0 aliphatic carbocycles. The van der Waals surface area contributed by atoms with Crippen molar-refractivity contribution >= 4 is 75.1 Å². The van der Waals surface area contributed by atoms with Crippen molar-refractivity contribution in [3.05, 3.63) is 188 Å². The van der Waals surface area contributed by atoms with Gasteiger partial charge in [0.05, 0.1) is 22.1 Å². The molecule has 12 rings (SSSR count). The molecule has 0 radical (unpaired) electrons. The van der Waals surface area contributed by atoms with Crippen molar-refractivity contribution in [1.29, 1.82) is 0 Å². The lowest BCUT2D eigenvalue weighted by Crippen LogP contribution is -2.06. The summed E-state index contributed by atoms with van der Waals surface area (Å²) in [5, 5.41) is 7.17. The summed E-state index contributed by atoms with van der Waals surface area (Å²) < 4.78 is 7.04. The maximum atomic E-state index is 5.40. The quantitative estimate of drug-likeness (QED) is 0.176. The van der Waals surface area contributed by atoms with Crippen LogP contribution in [0.3, 0.4) is 0 Å². The fourth-order valence-corrected chi connectivity index (χ4v) is 9.86. The van der Waals surface area contributed by atoms with Crippen molar-refractivity contribution in [3.8, 4) is 45.5 Å². The van der Waals surface area contributed by atoms with E-state index in [9.17, 15) is 0 Å². The number of hydrogen-bond donors (Lipinski definition) is 0. The zero-order valence-electron chi connectivity index (χ0n) is 30.5. The van der Waals surface area contributed by atoms with E-state index in [1.165, 1.54) is 37.3 Å². The molecule has 0 N–H and O–H groups in total. The zero-order valence-corrected chi connectivity index (χ0v) is 31.4. The highest BCUT2D eigenvalue weighted by Gasteiger charge is 2.23. The molecule has 5 nitrogen and oxygen atoms in total. The van der Waals surface area contributed by atoms with Gasteiger partial charge in [0.2, 0.25) is 5.95 Å². The van der Waals surface area contributed by atoms with Crippen LogP contribution in [0.15, 0.2) is 188 Å². The average Bonchev–Trinajstić information content (AvgIpc) is 3.95. The first kappa shape index (κ1) is 31.9. The Labute approximate surface area is 331 Å². The molecular weight excluding hydrogens is 715 g/mol. The summed E-state index contributed by atoms with van der Waals surface area (Å²) in [4.78, 5) is 16.0. The Morgan fingerprint density at radius 3 is 1.79 bits per heavy atom. The lowest BCUT2D eigenvalue weighted by Gasteiger charge is -2.12. The molecule has 0 atom stereocenters. The molecule has 0 unspecified atom stereocenters. The van der Waals surface area contributed by atoms with Gasteiger partial charge in [-0.2, -0.15) is 9.97 Å². The van der Waals surface area contributed by atoms with E-state index in [1.54, 1.807) is 11.3 Å². The maximum absolute atomic E-state index is 5.40. The van der Waals surface area contributed by atoms with Gasteiger partial charge in [-0.05, 0) is 53.6 Å². The molecule has 0 saturated heterocycles.